The second-order valence-electron chi connectivity index (χ2n) is 3.52. The fourth-order valence-electron chi connectivity index (χ4n) is 0.894. The topological polar surface area (TPSA) is 50.2 Å². The molecule has 1 aromatic rings. The molecule has 0 aliphatic rings. The zero-order valence-electron chi connectivity index (χ0n) is 8.53. The summed E-state index contributed by atoms with van der Waals surface area (Å²) in [4.78, 5) is 14.6. The highest BCUT2D eigenvalue weighted by molar-refractivity contribution is 7.99. The Labute approximate surface area is 97.9 Å². The smallest absolute Gasteiger partial charge is 0.337 e. The molecular formula is C10H12ClNO2S. The van der Waals surface area contributed by atoms with Crippen LogP contribution in [0.4, 0.5) is 0 Å². The van der Waals surface area contributed by atoms with E-state index in [1.807, 2.05) is 0 Å². The lowest BCUT2D eigenvalue weighted by molar-refractivity contribution is 0.0696. The molecule has 0 unspecified atom stereocenters. The largest absolute Gasteiger partial charge is 0.478 e. The molecule has 82 valence electrons. The number of hydrogen-bond donors (Lipinski definition) is 1. The SMILES string of the molecule is CC(C)CSc1ncc(C(=O)O)cc1Cl. The Balaban J connectivity index is 2.79. The lowest BCUT2D eigenvalue weighted by Gasteiger charge is -2.05. The Hall–Kier alpha value is -0.740. The highest BCUT2D eigenvalue weighted by atomic mass is 35.5. The van der Waals surface area contributed by atoms with Crippen molar-refractivity contribution >= 4 is 29.3 Å². The zero-order valence-corrected chi connectivity index (χ0v) is 10.1. The van der Waals surface area contributed by atoms with E-state index in [0.717, 1.165) is 5.75 Å². The molecule has 0 aliphatic carbocycles. The minimum absolute atomic E-state index is 0.119. The van der Waals surface area contributed by atoms with Crippen molar-refractivity contribution in [3.05, 3.63) is 22.8 Å². The van der Waals surface area contributed by atoms with Crippen molar-refractivity contribution in [2.75, 3.05) is 5.75 Å². The lowest BCUT2D eigenvalue weighted by atomic mass is 10.3. The summed E-state index contributed by atoms with van der Waals surface area (Å²) in [6, 6.07) is 1.43. The summed E-state index contributed by atoms with van der Waals surface area (Å²) in [5, 5.41) is 9.81. The lowest BCUT2D eigenvalue weighted by Crippen LogP contribution is -1.98. The molecule has 0 aliphatic heterocycles. The van der Waals surface area contributed by atoms with Crippen LogP contribution in [0.3, 0.4) is 0 Å². The van der Waals surface area contributed by atoms with Crippen molar-refractivity contribution in [2.45, 2.75) is 18.9 Å². The predicted octanol–water partition coefficient (Wildman–Crippen LogP) is 3.18. The van der Waals surface area contributed by atoms with E-state index in [1.165, 1.54) is 24.0 Å². The molecular weight excluding hydrogens is 234 g/mol. The molecule has 0 saturated heterocycles. The minimum atomic E-state index is -1.01. The molecule has 1 aromatic heterocycles. The first kappa shape index (κ1) is 12.3. The van der Waals surface area contributed by atoms with Crippen LogP contribution in [-0.2, 0) is 0 Å². The molecule has 0 fully saturated rings. The molecule has 0 saturated carbocycles. The number of carbonyl (C=O) groups is 1. The number of halogens is 1. The predicted molar refractivity (Wildman–Crippen MR) is 61.8 cm³/mol. The zero-order chi connectivity index (χ0) is 11.4. The van der Waals surface area contributed by atoms with Gasteiger partial charge in [-0.3, -0.25) is 0 Å². The van der Waals surface area contributed by atoms with Crippen molar-refractivity contribution < 1.29 is 9.90 Å². The van der Waals surface area contributed by atoms with E-state index in [9.17, 15) is 4.79 Å². The molecule has 0 atom stereocenters. The number of hydrogen-bond acceptors (Lipinski definition) is 3. The van der Waals surface area contributed by atoms with Crippen molar-refractivity contribution in [3.63, 3.8) is 0 Å². The van der Waals surface area contributed by atoms with Gasteiger partial charge in [0, 0.05) is 11.9 Å². The monoisotopic (exact) mass is 245 g/mol. The van der Waals surface area contributed by atoms with Crippen LogP contribution in [0.1, 0.15) is 24.2 Å². The maximum absolute atomic E-state index is 10.6. The Kier molecular flexibility index (Phi) is 4.42. The van der Waals surface area contributed by atoms with Gasteiger partial charge in [0.05, 0.1) is 10.6 Å². The van der Waals surface area contributed by atoms with Crippen molar-refractivity contribution in [2.24, 2.45) is 5.92 Å². The number of aromatic carboxylic acids is 1. The molecule has 0 spiro atoms. The molecule has 1 rings (SSSR count). The molecule has 0 bridgehead atoms. The Bertz CT molecular complexity index is 368. The van der Waals surface area contributed by atoms with Crippen LogP contribution in [0.5, 0.6) is 0 Å². The van der Waals surface area contributed by atoms with E-state index >= 15 is 0 Å². The number of aromatic nitrogens is 1. The van der Waals surface area contributed by atoms with Gasteiger partial charge in [-0.1, -0.05) is 25.4 Å². The summed E-state index contributed by atoms with van der Waals surface area (Å²) in [7, 11) is 0. The number of rotatable bonds is 4. The minimum Gasteiger partial charge on any atom is -0.478 e. The summed E-state index contributed by atoms with van der Waals surface area (Å²) in [6.07, 6.45) is 1.33. The molecule has 15 heavy (non-hydrogen) atoms. The van der Waals surface area contributed by atoms with Gasteiger partial charge >= 0.3 is 5.97 Å². The van der Waals surface area contributed by atoms with Gasteiger partial charge in [-0.25, -0.2) is 9.78 Å². The van der Waals surface area contributed by atoms with Gasteiger partial charge in [-0.15, -0.1) is 11.8 Å². The molecule has 1 heterocycles. The fourth-order valence-corrected chi connectivity index (χ4v) is 2.04. The van der Waals surface area contributed by atoms with Crippen molar-refractivity contribution in [1.82, 2.24) is 4.98 Å². The van der Waals surface area contributed by atoms with E-state index < -0.39 is 5.97 Å². The molecule has 0 radical (unpaired) electrons. The third-order valence-electron chi connectivity index (χ3n) is 1.61. The summed E-state index contributed by atoms with van der Waals surface area (Å²) in [5.41, 5.74) is 0.119. The second kappa shape index (κ2) is 5.37. The van der Waals surface area contributed by atoms with Gasteiger partial charge in [-0.05, 0) is 12.0 Å². The maximum Gasteiger partial charge on any atom is 0.337 e. The first-order valence-electron chi connectivity index (χ1n) is 4.52. The fraction of sp³-hybridized carbons (Fsp3) is 0.400. The van der Waals surface area contributed by atoms with Crippen molar-refractivity contribution in [3.8, 4) is 0 Å². The summed E-state index contributed by atoms with van der Waals surface area (Å²) < 4.78 is 0. The van der Waals surface area contributed by atoms with Crippen LogP contribution < -0.4 is 0 Å². The number of carboxylic acids is 1. The maximum atomic E-state index is 10.6. The average molecular weight is 246 g/mol. The molecule has 0 amide bonds. The first-order valence-corrected chi connectivity index (χ1v) is 5.88. The van der Waals surface area contributed by atoms with Crippen LogP contribution in [-0.4, -0.2) is 21.8 Å². The number of nitrogens with zero attached hydrogens (tertiary/aromatic N) is 1. The van der Waals surface area contributed by atoms with E-state index in [2.05, 4.69) is 18.8 Å². The second-order valence-corrected chi connectivity index (χ2v) is 4.94. The van der Waals surface area contributed by atoms with Crippen molar-refractivity contribution in [1.29, 1.82) is 0 Å². The van der Waals surface area contributed by atoms with Gasteiger partial charge in [0.25, 0.3) is 0 Å². The summed E-state index contributed by atoms with van der Waals surface area (Å²) in [6.45, 7) is 4.21. The van der Waals surface area contributed by atoms with Gasteiger partial charge in [0.1, 0.15) is 5.03 Å². The van der Waals surface area contributed by atoms with E-state index in [0.29, 0.717) is 16.0 Å². The van der Waals surface area contributed by atoms with Crippen LogP contribution in [0.15, 0.2) is 17.3 Å². The highest BCUT2D eigenvalue weighted by Crippen LogP contribution is 2.26. The first-order chi connectivity index (χ1) is 7.00. The molecule has 5 heteroatoms. The normalized spacial score (nSPS) is 10.7. The van der Waals surface area contributed by atoms with Gasteiger partial charge in [0.15, 0.2) is 0 Å². The van der Waals surface area contributed by atoms with E-state index in [-0.39, 0.29) is 5.56 Å². The molecule has 1 N–H and O–H groups in total. The van der Waals surface area contributed by atoms with Gasteiger partial charge in [0.2, 0.25) is 0 Å². The quantitative estimate of drug-likeness (QED) is 0.828. The van der Waals surface area contributed by atoms with Crippen LogP contribution in [0.2, 0.25) is 5.02 Å². The number of carboxylic acid groups (broad SMARTS) is 1. The van der Waals surface area contributed by atoms with E-state index in [4.69, 9.17) is 16.7 Å². The third kappa shape index (κ3) is 3.72. The summed E-state index contributed by atoms with van der Waals surface area (Å²) in [5.74, 6) is 0.455. The number of thioether (sulfide) groups is 1. The van der Waals surface area contributed by atoms with Crippen LogP contribution in [0, 0.1) is 5.92 Å². The van der Waals surface area contributed by atoms with E-state index in [1.54, 1.807) is 0 Å². The van der Waals surface area contributed by atoms with Crippen LogP contribution >= 0.6 is 23.4 Å². The molecule has 0 aromatic carbocycles. The van der Waals surface area contributed by atoms with Gasteiger partial charge < -0.3 is 5.11 Å². The standard InChI is InChI=1S/C10H12ClNO2S/c1-6(2)5-15-9-8(11)3-7(4-12-9)10(13)14/h3-4,6H,5H2,1-2H3,(H,13,14). The van der Waals surface area contributed by atoms with Crippen LogP contribution in [0.25, 0.3) is 0 Å². The number of pyridine rings is 1. The Morgan fingerprint density at radius 1 is 1.67 bits per heavy atom. The van der Waals surface area contributed by atoms with Gasteiger partial charge in [-0.2, -0.15) is 0 Å². The average Bonchev–Trinajstić information content (AvgIpc) is 2.15. The third-order valence-corrected chi connectivity index (χ3v) is 3.44. The Morgan fingerprint density at radius 3 is 2.80 bits per heavy atom. The molecule has 3 nitrogen and oxygen atoms in total. The Morgan fingerprint density at radius 2 is 2.33 bits per heavy atom. The highest BCUT2D eigenvalue weighted by Gasteiger charge is 2.09. The summed E-state index contributed by atoms with van der Waals surface area (Å²) >= 11 is 7.45.